The minimum absolute atomic E-state index is 0.0414. The topological polar surface area (TPSA) is 67.4 Å². The number of benzene rings is 1. The van der Waals surface area contributed by atoms with Crippen molar-refractivity contribution in [1.82, 2.24) is 10.6 Å². The van der Waals surface area contributed by atoms with Crippen molar-refractivity contribution in [2.45, 2.75) is 45.4 Å². The van der Waals surface area contributed by atoms with E-state index in [-0.39, 0.29) is 23.7 Å². The first-order chi connectivity index (χ1) is 12.2. The Balaban J connectivity index is 1.91. The van der Waals surface area contributed by atoms with Crippen LogP contribution in [0.15, 0.2) is 28.7 Å². The normalized spacial score (nSPS) is 16.8. The lowest BCUT2D eigenvalue weighted by Gasteiger charge is -2.38. The van der Waals surface area contributed by atoms with E-state index in [0.717, 1.165) is 17.3 Å². The summed E-state index contributed by atoms with van der Waals surface area (Å²) in [5.74, 6) is -0.0830. The predicted molar refractivity (Wildman–Crippen MR) is 106 cm³/mol. The third kappa shape index (κ3) is 5.81. The van der Waals surface area contributed by atoms with Crippen LogP contribution in [-0.4, -0.2) is 38.1 Å². The second kappa shape index (κ2) is 9.00. The van der Waals surface area contributed by atoms with Crippen molar-refractivity contribution in [2.24, 2.45) is 5.41 Å². The Hall–Kier alpha value is -1.40. The number of rotatable bonds is 6. The summed E-state index contributed by atoms with van der Waals surface area (Å²) in [6.45, 7) is 7.90. The largest absolute Gasteiger partial charge is 0.381 e. The molecule has 1 aromatic rings. The highest BCUT2D eigenvalue weighted by Crippen LogP contribution is 2.35. The zero-order chi connectivity index (χ0) is 19.2. The van der Waals surface area contributed by atoms with Gasteiger partial charge in [0.25, 0.3) is 0 Å². The third-order valence-corrected chi connectivity index (χ3v) is 5.32. The van der Waals surface area contributed by atoms with E-state index in [1.165, 1.54) is 5.56 Å². The van der Waals surface area contributed by atoms with E-state index in [2.05, 4.69) is 38.7 Å². The SMILES string of the molecule is CC(C)(C)C(=O)NCCC(=O)NCC1(c2cccc(Br)c2)CCOCC1. The Morgan fingerprint density at radius 2 is 1.88 bits per heavy atom. The number of carbonyl (C=O) groups is 2. The fourth-order valence-corrected chi connectivity index (χ4v) is 3.46. The van der Waals surface area contributed by atoms with Crippen molar-refractivity contribution in [3.8, 4) is 0 Å². The lowest BCUT2D eigenvalue weighted by Crippen LogP contribution is -2.45. The maximum absolute atomic E-state index is 12.3. The van der Waals surface area contributed by atoms with Crippen LogP contribution in [0.1, 0.15) is 45.6 Å². The molecular formula is C20H29BrN2O3. The molecule has 2 N–H and O–H groups in total. The van der Waals surface area contributed by atoms with E-state index in [9.17, 15) is 9.59 Å². The maximum atomic E-state index is 12.3. The van der Waals surface area contributed by atoms with Gasteiger partial charge in [-0.3, -0.25) is 9.59 Å². The molecule has 0 aromatic heterocycles. The van der Waals surface area contributed by atoms with E-state index in [1.807, 2.05) is 32.9 Å². The van der Waals surface area contributed by atoms with Gasteiger partial charge in [-0.25, -0.2) is 0 Å². The summed E-state index contributed by atoms with van der Waals surface area (Å²) in [7, 11) is 0. The Kier molecular flexibility index (Phi) is 7.24. The molecule has 0 atom stereocenters. The molecule has 1 fully saturated rings. The van der Waals surface area contributed by atoms with Crippen LogP contribution in [0.25, 0.3) is 0 Å². The molecule has 0 unspecified atom stereocenters. The van der Waals surface area contributed by atoms with Gasteiger partial charge in [0.05, 0.1) is 0 Å². The van der Waals surface area contributed by atoms with E-state index in [4.69, 9.17) is 4.74 Å². The summed E-state index contributed by atoms with van der Waals surface area (Å²) in [4.78, 5) is 24.1. The van der Waals surface area contributed by atoms with Gasteiger partial charge in [-0.2, -0.15) is 0 Å². The zero-order valence-corrected chi connectivity index (χ0v) is 17.4. The number of hydrogen-bond acceptors (Lipinski definition) is 3. The Morgan fingerprint density at radius 1 is 1.19 bits per heavy atom. The summed E-state index contributed by atoms with van der Waals surface area (Å²) < 4.78 is 6.57. The minimum Gasteiger partial charge on any atom is -0.381 e. The van der Waals surface area contributed by atoms with Crippen LogP contribution in [-0.2, 0) is 19.7 Å². The van der Waals surface area contributed by atoms with E-state index < -0.39 is 5.41 Å². The van der Waals surface area contributed by atoms with Crippen LogP contribution >= 0.6 is 15.9 Å². The molecule has 5 nitrogen and oxygen atoms in total. The molecule has 6 heteroatoms. The fraction of sp³-hybridized carbons (Fsp3) is 0.600. The number of nitrogens with one attached hydrogen (secondary N) is 2. The first kappa shape index (κ1) is 20.9. The lowest BCUT2D eigenvalue weighted by atomic mass is 9.74. The standard InChI is InChI=1S/C20H29BrN2O3/c1-19(2,3)18(25)22-10-7-17(24)23-14-20(8-11-26-12-9-20)15-5-4-6-16(21)13-15/h4-6,13H,7-12,14H2,1-3H3,(H,22,25)(H,23,24). The Labute approximate surface area is 164 Å². The molecule has 0 bridgehead atoms. The number of carbonyl (C=O) groups excluding carboxylic acids is 2. The fourth-order valence-electron chi connectivity index (χ4n) is 3.06. The minimum atomic E-state index is -0.441. The number of ether oxygens (including phenoxy) is 1. The van der Waals surface area contributed by atoms with Gasteiger partial charge in [0, 0.05) is 48.0 Å². The van der Waals surface area contributed by atoms with E-state index in [0.29, 0.717) is 26.3 Å². The molecule has 144 valence electrons. The molecule has 1 aliphatic heterocycles. The van der Waals surface area contributed by atoms with Crippen molar-refractivity contribution in [3.63, 3.8) is 0 Å². The molecule has 0 aliphatic carbocycles. The maximum Gasteiger partial charge on any atom is 0.225 e. The molecule has 0 spiro atoms. The summed E-state index contributed by atoms with van der Waals surface area (Å²) in [5, 5.41) is 5.88. The average Bonchev–Trinajstić information content (AvgIpc) is 2.60. The molecule has 1 aliphatic rings. The third-order valence-electron chi connectivity index (χ3n) is 4.83. The monoisotopic (exact) mass is 424 g/mol. The van der Waals surface area contributed by atoms with Gasteiger partial charge in [0.2, 0.25) is 11.8 Å². The summed E-state index contributed by atoms with van der Waals surface area (Å²) >= 11 is 3.54. The molecular weight excluding hydrogens is 396 g/mol. The predicted octanol–water partition coefficient (Wildman–Crippen LogP) is 3.17. The van der Waals surface area contributed by atoms with Crippen molar-refractivity contribution >= 4 is 27.7 Å². The molecule has 1 aromatic carbocycles. The van der Waals surface area contributed by atoms with Gasteiger partial charge >= 0.3 is 0 Å². The highest BCUT2D eigenvalue weighted by Gasteiger charge is 2.35. The van der Waals surface area contributed by atoms with Crippen molar-refractivity contribution in [1.29, 1.82) is 0 Å². The molecule has 26 heavy (non-hydrogen) atoms. The van der Waals surface area contributed by atoms with Crippen LogP contribution in [0.4, 0.5) is 0 Å². The Bertz CT molecular complexity index is 634. The molecule has 0 radical (unpaired) electrons. The lowest BCUT2D eigenvalue weighted by molar-refractivity contribution is -0.128. The summed E-state index contributed by atoms with van der Waals surface area (Å²) in [5.41, 5.74) is 0.673. The van der Waals surface area contributed by atoms with Gasteiger partial charge in [-0.1, -0.05) is 48.8 Å². The molecule has 1 saturated heterocycles. The average molecular weight is 425 g/mol. The van der Waals surface area contributed by atoms with Crippen molar-refractivity contribution < 1.29 is 14.3 Å². The van der Waals surface area contributed by atoms with Crippen LogP contribution in [0, 0.1) is 5.41 Å². The van der Waals surface area contributed by atoms with Crippen LogP contribution in [0.3, 0.4) is 0 Å². The van der Waals surface area contributed by atoms with Gasteiger partial charge in [0.1, 0.15) is 0 Å². The number of hydrogen-bond donors (Lipinski definition) is 2. The number of halogens is 1. The number of amides is 2. The van der Waals surface area contributed by atoms with Crippen molar-refractivity contribution in [2.75, 3.05) is 26.3 Å². The van der Waals surface area contributed by atoms with Gasteiger partial charge in [0.15, 0.2) is 0 Å². The van der Waals surface area contributed by atoms with Crippen LogP contribution in [0.2, 0.25) is 0 Å². The van der Waals surface area contributed by atoms with E-state index in [1.54, 1.807) is 0 Å². The summed E-state index contributed by atoms with van der Waals surface area (Å²) in [6.07, 6.45) is 2.04. The zero-order valence-electron chi connectivity index (χ0n) is 15.9. The Morgan fingerprint density at radius 3 is 2.50 bits per heavy atom. The first-order valence-corrected chi connectivity index (χ1v) is 9.91. The highest BCUT2D eigenvalue weighted by atomic mass is 79.9. The first-order valence-electron chi connectivity index (χ1n) is 9.12. The molecule has 0 saturated carbocycles. The summed E-state index contributed by atoms with van der Waals surface area (Å²) in [6, 6.07) is 8.28. The molecule has 2 rings (SSSR count). The highest BCUT2D eigenvalue weighted by molar-refractivity contribution is 9.10. The van der Waals surface area contributed by atoms with Gasteiger partial charge in [-0.05, 0) is 30.5 Å². The van der Waals surface area contributed by atoms with Crippen molar-refractivity contribution in [3.05, 3.63) is 34.3 Å². The second-order valence-electron chi connectivity index (χ2n) is 7.94. The van der Waals surface area contributed by atoms with Crippen LogP contribution < -0.4 is 10.6 Å². The van der Waals surface area contributed by atoms with E-state index >= 15 is 0 Å². The molecule has 1 heterocycles. The van der Waals surface area contributed by atoms with Gasteiger partial charge < -0.3 is 15.4 Å². The quantitative estimate of drug-likeness (QED) is 0.736. The van der Waals surface area contributed by atoms with Crippen LogP contribution in [0.5, 0.6) is 0 Å². The smallest absolute Gasteiger partial charge is 0.225 e. The molecule has 2 amide bonds. The van der Waals surface area contributed by atoms with Gasteiger partial charge in [-0.15, -0.1) is 0 Å². The second-order valence-corrected chi connectivity index (χ2v) is 8.85.